The molecular formula is C17H12F5NO3. The van der Waals surface area contributed by atoms with Crippen LogP contribution >= 0.6 is 0 Å². The van der Waals surface area contributed by atoms with Gasteiger partial charge in [0.15, 0.2) is 34.8 Å². The minimum absolute atomic E-state index is 0.0754. The Hall–Kier alpha value is -2.84. The summed E-state index contributed by atoms with van der Waals surface area (Å²) in [5.74, 6) is -10.5. The van der Waals surface area contributed by atoms with Gasteiger partial charge < -0.3 is 14.4 Å². The van der Waals surface area contributed by atoms with Gasteiger partial charge in [0.1, 0.15) is 0 Å². The van der Waals surface area contributed by atoms with E-state index in [1.54, 1.807) is 12.1 Å². The van der Waals surface area contributed by atoms with Crippen LogP contribution in [-0.2, 0) is 13.1 Å². The van der Waals surface area contributed by atoms with E-state index in [1.807, 2.05) is 0 Å². The van der Waals surface area contributed by atoms with E-state index in [9.17, 15) is 26.7 Å². The zero-order chi connectivity index (χ0) is 19.2. The van der Waals surface area contributed by atoms with Gasteiger partial charge in [-0.2, -0.15) is 0 Å². The van der Waals surface area contributed by atoms with Crippen LogP contribution < -0.4 is 9.47 Å². The number of rotatable bonds is 4. The van der Waals surface area contributed by atoms with E-state index in [2.05, 4.69) is 0 Å². The van der Waals surface area contributed by atoms with Crippen molar-refractivity contribution in [2.75, 3.05) is 14.2 Å². The summed E-state index contributed by atoms with van der Waals surface area (Å²) in [6, 6.07) is 3.11. The molecule has 1 heterocycles. The second kappa shape index (κ2) is 6.47. The van der Waals surface area contributed by atoms with Gasteiger partial charge in [-0.25, -0.2) is 22.0 Å². The molecule has 0 atom stereocenters. The van der Waals surface area contributed by atoms with Gasteiger partial charge in [0.2, 0.25) is 5.82 Å². The lowest BCUT2D eigenvalue weighted by molar-refractivity contribution is 0.0759. The highest BCUT2D eigenvalue weighted by molar-refractivity contribution is 6.01. The molecule has 0 aliphatic carbocycles. The molecule has 0 saturated heterocycles. The highest BCUT2D eigenvalue weighted by Crippen LogP contribution is 2.39. The van der Waals surface area contributed by atoms with Crippen molar-refractivity contribution in [3.63, 3.8) is 0 Å². The largest absolute Gasteiger partial charge is 0.493 e. The van der Waals surface area contributed by atoms with Crippen molar-refractivity contribution in [3.8, 4) is 11.5 Å². The lowest BCUT2D eigenvalue weighted by atomic mass is 10.1. The first-order valence-electron chi connectivity index (χ1n) is 7.35. The van der Waals surface area contributed by atoms with Crippen LogP contribution in [0.1, 0.15) is 21.5 Å². The average Bonchev–Trinajstić information content (AvgIpc) is 2.97. The first-order chi connectivity index (χ1) is 12.3. The van der Waals surface area contributed by atoms with Crippen LogP contribution in [0.5, 0.6) is 11.5 Å². The van der Waals surface area contributed by atoms with Crippen LogP contribution in [-0.4, -0.2) is 25.0 Å². The molecule has 0 aromatic heterocycles. The maximum Gasteiger partial charge on any atom is 0.258 e. The van der Waals surface area contributed by atoms with Crippen LogP contribution in [0.4, 0.5) is 22.0 Å². The molecule has 0 saturated carbocycles. The number of methoxy groups -OCH3 is 2. The fraction of sp³-hybridized carbons (Fsp3) is 0.235. The van der Waals surface area contributed by atoms with Gasteiger partial charge in [0.25, 0.3) is 5.91 Å². The number of carbonyl (C=O) groups excluding carboxylic acids is 1. The van der Waals surface area contributed by atoms with Gasteiger partial charge in [-0.05, 0) is 11.6 Å². The van der Waals surface area contributed by atoms with Crippen molar-refractivity contribution in [3.05, 3.63) is 57.9 Å². The minimum Gasteiger partial charge on any atom is -0.493 e. The molecule has 9 heteroatoms. The topological polar surface area (TPSA) is 38.8 Å². The molecule has 2 aromatic rings. The summed E-state index contributed by atoms with van der Waals surface area (Å²) in [7, 11) is 2.69. The summed E-state index contributed by atoms with van der Waals surface area (Å²) < 4.78 is 77.8. The minimum atomic E-state index is -2.24. The summed E-state index contributed by atoms with van der Waals surface area (Å²) in [6.07, 6.45) is 0. The number of hydrogen-bond donors (Lipinski definition) is 0. The van der Waals surface area contributed by atoms with Crippen molar-refractivity contribution < 1.29 is 36.2 Å². The molecule has 0 unspecified atom stereocenters. The van der Waals surface area contributed by atoms with Crippen molar-refractivity contribution in [2.24, 2.45) is 0 Å². The van der Waals surface area contributed by atoms with Crippen LogP contribution in [0.3, 0.4) is 0 Å². The second-order valence-corrected chi connectivity index (χ2v) is 5.54. The van der Waals surface area contributed by atoms with Crippen molar-refractivity contribution >= 4 is 5.91 Å². The quantitative estimate of drug-likeness (QED) is 0.467. The zero-order valence-corrected chi connectivity index (χ0v) is 13.6. The molecule has 2 aromatic carbocycles. The van der Waals surface area contributed by atoms with E-state index in [4.69, 9.17) is 9.47 Å². The fourth-order valence-corrected chi connectivity index (χ4v) is 2.88. The smallest absolute Gasteiger partial charge is 0.258 e. The first-order valence-corrected chi connectivity index (χ1v) is 7.35. The highest BCUT2D eigenvalue weighted by atomic mass is 19.2. The third-order valence-corrected chi connectivity index (χ3v) is 4.14. The van der Waals surface area contributed by atoms with Gasteiger partial charge in [-0.3, -0.25) is 4.79 Å². The molecule has 26 heavy (non-hydrogen) atoms. The molecule has 0 spiro atoms. The summed E-state index contributed by atoms with van der Waals surface area (Å²) in [5, 5.41) is 0. The van der Waals surface area contributed by atoms with Crippen LogP contribution in [0.15, 0.2) is 12.1 Å². The lowest BCUT2D eigenvalue weighted by Gasteiger charge is -2.17. The highest BCUT2D eigenvalue weighted by Gasteiger charge is 2.35. The monoisotopic (exact) mass is 373 g/mol. The van der Waals surface area contributed by atoms with Crippen LogP contribution in [0.25, 0.3) is 0 Å². The summed E-state index contributed by atoms with van der Waals surface area (Å²) in [6.45, 7) is -0.862. The van der Waals surface area contributed by atoms with Gasteiger partial charge in [-0.1, -0.05) is 6.07 Å². The molecule has 138 valence electrons. The molecule has 0 fully saturated rings. The third kappa shape index (κ3) is 2.54. The molecule has 1 aliphatic rings. The molecule has 0 N–H and O–H groups in total. The lowest BCUT2D eigenvalue weighted by Crippen LogP contribution is -2.25. The maximum atomic E-state index is 13.9. The van der Waals surface area contributed by atoms with Crippen molar-refractivity contribution in [1.29, 1.82) is 0 Å². The Morgan fingerprint density at radius 3 is 2.04 bits per heavy atom. The van der Waals surface area contributed by atoms with E-state index in [0.717, 1.165) is 4.90 Å². The van der Waals surface area contributed by atoms with E-state index < -0.39 is 47.1 Å². The SMILES string of the molecule is COc1ccc2c(c1OC)C(=O)N(Cc1c(F)c(F)c(F)c(F)c1F)C2. The van der Waals surface area contributed by atoms with Gasteiger partial charge in [0.05, 0.1) is 26.3 Å². The zero-order valence-electron chi connectivity index (χ0n) is 13.6. The number of benzene rings is 2. The Bertz CT molecular complexity index is 887. The predicted molar refractivity (Wildman–Crippen MR) is 79.4 cm³/mol. The predicted octanol–water partition coefficient (Wildman–Crippen LogP) is 3.56. The normalized spacial score (nSPS) is 13.2. The van der Waals surface area contributed by atoms with Crippen molar-refractivity contribution in [2.45, 2.75) is 13.1 Å². The number of ether oxygens (including phenoxy) is 2. The Balaban J connectivity index is 2.01. The number of hydrogen-bond acceptors (Lipinski definition) is 3. The number of nitrogens with zero attached hydrogens (tertiary/aromatic N) is 1. The van der Waals surface area contributed by atoms with E-state index in [1.165, 1.54) is 14.2 Å². The molecule has 0 radical (unpaired) electrons. The van der Waals surface area contributed by atoms with Crippen molar-refractivity contribution in [1.82, 2.24) is 4.90 Å². The molecule has 3 rings (SSSR count). The fourth-order valence-electron chi connectivity index (χ4n) is 2.88. The molecule has 0 bridgehead atoms. The van der Waals surface area contributed by atoms with E-state index in [-0.39, 0.29) is 23.6 Å². The van der Waals surface area contributed by atoms with Crippen LogP contribution in [0, 0.1) is 29.1 Å². The Morgan fingerprint density at radius 2 is 1.50 bits per heavy atom. The van der Waals surface area contributed by atoms with E-state index in [0.29, 0.717) is 5.56 Å². The third-order valence-electron chi connectivity index (χ3n) is 4.14. The maximum absolute atomic E-state index is 13.9. The van der Waals surface area contributed by atoms with Crippen LogP contribution in [0.2, 0.25) is 0 Å². The first kappa shape index (κ1) is 18.0. The Labute approximate surface area is 144 Å². The summed E-state index contributed by atoms with van der Waals surface area (Å²) in [5.41, 5.74) is -0.472. The van der Waals surface area contributed by atoms with Gasteiger partial charge in [0, 0.05) is 12.1 Å². The summed E-state index contributed by atoms with van der Waals surface area (Å²) in [4.78, 5) is 13.6. The standard InChI is InChI=1S/C17H12F5NO3/c1-25-9-4-3-7-5-23(17(24)10(7)16(9)26-2)6-8-11(18)13(20)15(22)14(21)12(8)19/h3-4H,5-6H2,1-2H3. The number of fused-ring (bicyclic) bond motifs is 1. The van der Waals surface area contributed by atoms with Gasteiger partial charge >= 0.3 is 0 Å². The Kier molecular flexibility index (Phi) is 4.47. The molecular weight excluding hydrogens is 361 g/mol. The number of halogens is 5. The Morgan fingerprint density at radius 1 is 0.923 bits per heavy atom. The number of amides is 1. The van der Waals surface area contributed by atoms with E-state index >= 15 is 0 Å². The number of carbonyl (C=O) groups is 1. The molecule has 1 amide bonds. The second-order valence-electron chi connectivity index (χ2n) is 5.54. The average molecular weight is 373 g/mol. The molecule has 4 nitrogen and oxygen atoms in total. The van der Waals surface area contributed by atoms with Gasteiger partial charge in [-0.15, -0.1) is 0 Å². The summed E-state index contributed by atoms with van der Waals surface area (Å²) >= 11 is 0. The molecule has 1 aliphatic heterocycles.